The van der Waals surface area contributed by atoms with Crippen molar-refractivity contribution in [2.45, 2.75) is 39.5 Å². The molecule has 2 saturated heterocycles. The maximum atomic E-state index is 12.8. The minimum Gasteiger partial charge on any atom is -0.337 e. The monoisotopic (exact) mass is 332 g/mol. The summed E-state index contributed by atoms with van der Waals surface area (Å²) in [6, 6.07) is 1.67. The average Bonchev–Trinajstić information content (AvgIpc) is 2.95. The van der Waals surface area contributed by atoms with E-state index < -0.39 is 0 Å². The zero-order valence-electron chi connectivity index (χ0n) is 15.0. The largest absolute Gasteiger partial charge is 0.337 e. The number of aromatic nitrogens is 2. The van der Waals surface area contributed by atoms with E-state index in [-0.39, 0.29) is 11.8 Å². The molecule has 2 amide bonds. The fourth-order valence-electron chi connectivity index (χ4n) is 3.84. The normalized spacial score (nSPS) is 25.0. The minimum absolute atomic E-state index is 0.0115. The predicted molar refractivity (Wildman–Crippen MR) is 91.8 cm³/mol. The first-order chi connectivity index (χ1) is 11.5. The second-order valence-corrected chi connectivity index (χ2v) is 7.54. The fraction of sp³-hybridized carbons (Fsp3) is 0.722. The number of hydrogen-bond donors (Lipinski definition) is 0. The van der Waals surface area contributed by atoms with Gasteiger partial charge in [-0.05, 0) is 37.5 Å². The summed E-state index contributed by atoms with van der Waals surface area (Å²) in [4.78, 5) is 29.2. The Hall–Kier alpha value is -1.85. The van der Waals surface area contributed by atoms with Crippen LogP contribution in [0, 0.1) is 11.8 Å². The lowest BCUT2D eigenvalue weighted by atomic mass is 10.00. The molecule has 0 saturated carbocycles. The van der Waals surface area contributed by atoms with Crippen LogP contribution >= 0.6 is 0 Å². The van der Waals surface area contributed by atoms with Crippen LogP contribution < -0.4 is 0 Å². The lowest BCUT2D eigenvalue weighted by Crippen LogP contribution is -2.40. The number of nitrogens with zero attached hydrogens (tertiary/aromatic N) is 4. The van der Waals surface area contributed by atoms with Gasteiger partial charge < -0.3 is 9.80 Å². The Morgan fingerprint density at radius 1 is 1.00 bits per heavy atom. The third-order valence-corrected chi connectivity index (χ3v) is 5.21. The van der Waals surface area contributed by atoms with E-state index in [1.54, 1.807) is 17.8 Å². The highest BCUT2D eigenvalue weighted by Gasteiger charge is 2.28. The topological polar surface area (TPSA) is 58.4 Å². The molecule has 2 aliphatic rings. The SMILES string of the molecule is C[C@@H]1CCCN(C(=O)c2cc(C(=O)N3CCC[C@H](C)C3)nn2C)C1. The van der Waals surface area contributed by atoms with Crippen LogP contribution in [0.1, 0.15) is 60.5 Å². The molecule has 3 heterocycles. The summed E-state index contributed by atoms with van der Waals surface area (Å²) in [5.74, 6) is 1.00. The molecule has 2 fully saturated rings. The fourth-order valence-corrected chi connectivity index (χ4v) is 3.84. The van der Waals surface area contributed by atoms with E-state index in [0.29, 0.717) is 23.2 Å². The van der Waals surface area contributed by atoms with Gasteiger partial charge in [-0.1, -0.05) is 13.8 Å². The predicted octanol–water partition coefficient (Wildman–Crippen LogP) is 2.16. The van der Waals surface area contributed by atoms with Crippen molar-refractivity contribution in [3.8, 4) is 0 Å². The van der Waals surface area contributed by atoms with E-state index in [1.807, 2.05) is 9.80 Å². The summed E-state index contributed by atoms with van der Waals surface area (Å²) in [7, 11) is 1.75. The second kappa shape index (κ2) is 6.95. The molecule has 24 heavy (non-hydrogen) atoms. The van der Waals surface area contributed by atoms with Crippen molar-refractivity contribution < 1.29 is 9.59 Å². The van der Waals surface area contributed by atoms with Gasteiger partial charge in [0.05, 0.1) is 0 Å². The molecule has 0 radical (unpaired) electrons. The highest BCUT2D eigenvalue weighted by Crippen LogP contribution is 2.20. The third kappa shape index (κ3) is 3.47. The van der Waals surface area contributed by atoms with Crippen LogP contribution in [-0.4, -0.2) is 57.6 Å². The number of hydrogen-bond acceptors (Lipinski definition) is 3. The van der Waals surface area contributed by atoms with E-state index >= 15 is 0 Å². The molecule has 0 bridgehead atoms. The molecular formula is C18H28N4O2. The van der Waals surface area contributed by atoms with E-state index in [2.05, 4.69) is 18.9 Å². The highest BCUT2D eigenvalue weighted by molar-refractivity contribution is 5.98. The third-order valence-electron chi connectivity index (χ3n) is 5.21. The number of likely N-dealkylation sites (tertiary alicyclic amines) is 2. The van der Waals surface area contributed by atoms with Crippen LogP contribution in [0.15, 0.2) is 6.07 Å². The van der Waals surface area contributed by atoms with Gasteiger partial charge in [-0.15, -0.1) is 0 Å². The highest BCUT2D eigenvalue weighted by atomic mass is 16.2. The van der Waals surface area contributed by atoms with Crippen molar-refractivity contribution in [1.29, 1.82) is 0 Å². The van der Waals surface area contributed by atoms with Crippen LogP contribution in [0.2, 0.25) is 0 Å². The molecule has 0 spiro atoms. The summed E-state index contributed by atoms with van der Waals surface area (Å²) >= 11 is 0. The first kappa shape index (κ1) is 17.0. The van der Waals surface area contributed by atoms with Crippen LogP contribution in [0.5, 0.6) is 0 Å². The molecule has 6 heteroatoms. The van der Waals surface area contributed by atoms with Gasteiger partial charge in [0, 0.05) is 39.3 Å². The van der Waals surface area contributed by atoms with E-state index in [1.165, 1.54) is 12.8 Å². The molecule has 0 aliphatic carbocycles. The minimum atomic E-state index is -0.0526. The Labute approximate surface area is 143 Å². The smallest absolute Gasteiger partial charge is 0.274 e. The maximum absolute atomic E-state index is 12.8. The first-order valence-electron chi connectivity index (χ1n) is 9.08. The Kier molecular flexibility index (Phi) is 4.92. The van der Waals surface area contributed by atoms with Gasteiger partial charge >= 0.3 is 0 Å². The maximum Gasteiger partial charge on any atom is 0.274 e. The molecule has 2 aliphatic heterocycles. The van der Waals surface area contributed by atoms with Crippen molar-refractivity contribution in [3.63, 3.8) is 0 Å². The number of piperidine rings is 2. The molecule has 0 N–H and O–H groups in total. The first-order valence-corrected chi connectivity index (χ1v) is 9.08. The quantitative estimate of drug-likeness (QED) is 0.834. The molecule has 132 valence electrons. The van der Waals surface area contributed by atoms with Gasteiger partial charge in [-0.3, -0.25) is 14.3 Å². The van der Waals surface area contributed by atoms with Gasteiger partial charge in [0.15, 0.2) is 5.69 Å². The Morgan fingerprint density at radius 2 is 1.54 bits per heavy atom. The molecule has 0 unspecified atom stereocenters. The number of amides is 2. The van der Waals surface area contributed by atoms with Gasteiger partial charge in [0.1, 0.15) is 5.69 Å². The van der Waals surface area contributed by atoms with Crippen LogP contribution in [-0.2, 0) is 7.05 Å². The van der Waals surface area contributed by atoms with Gasteiger partial charge in [-0.2, -0.15) is 5.10 Å². The van der Waals surface area contributed by atoms with Crippen molar-refractivity contribution in [3.05, 3.63) is 17.5 Å². The Bertz CT molecular complexity index is 625. The lowest BCUT2D eigenvalue weighted by molar-refractivity contribution is 0.0668. The van der Waals surface area contributed by atoms with Crippen molar-refractivity contribution >= 4 is 11.8 Å². The zero-order valence-corrected chi connectivity index (χ0v) is 15.0. The van der Waals surface area contributed by atoms with Crippen LogP contribution in [0.3, 0.4) is 0 Å². The van der Waals surface area contributed by atoms with Crippen LogP contribution in [0.25, 0.3) is 0 Å². The van der Waals surface area contributed by atoms with E-state index in [9.17, 15) is 9.59 Å². The van der Waals surface area contributed by atoms with Gasteiger partial charge in [0.2, 0.25) is 0 Å². The van der Waals surface area contributed by atoms with Crippen molar-refractivity contribution in [2.24, 2.45) is 18.9 Å². The lowest BCUT2D eigenvalue weighted by Gasteiger charge is -2.30. The number of carbonyl (C=O) groups is 2. The number of rotatable bonds is 2. The Balaban J connectivity index is 1.74. The standard InChI is InChI=1S/C18H28N4O2/c1-13-6-4-8-21(11-13)17(23)15-10-16(20(3)19-15)18(24)22-9-5-7-14(2)12-22/h10,13-14H,4-9,11-12H2,1-3H3/t13-,14+/m0/s1. The van der Waals surface area contributed by atoms with Gasteiger partial charge in [0.25, 0.3) is 11.8 Å². The molecular weight excluding hydrogens is 304 g/mol. The van der Waals surface area contributed by atoms with Crippen molar-refractivity contribution in [1.82, 2.24) is 19.6 Å². The second-order valence-electron chi connectivity index (χ2n) is 7.54. The Morgan fingerprint density at radius 3 is 2.08 bits per heavy atom. The van der Waals surface area contributed by atoms with Crippen molar-refractivity contribution in [2.75, 3.05) is 26.2 Å². The molecule has 0 aromatic carbocycles. The summed E-state index contributed by atoms with van der Waals surface area (Å²) < 4.78 is 1.56. The summed E-state index contributed by atoms with van der Waals surface area (Å²) in [5.41, 5.74) is 0.900. The molecule has 3 rings (SSSR count). The molecule has 1 aromatic rings. The molecule has 2 atom stereocenters. The summed E-state index contributed by atoms with van der Waals surface area (Å²) in [6.07, 6.45) is 4.42. The van der Waals surface area contributed by atoms with E-state index in [4.69, 9.17) is 0 Å². The summed E-state index contributed by atoms with van der Waals surface area (Å²) in [5, 5.41) is 4.32. The number of aryl methyl sites for hydroxylation is 1. The average molecular weight is 332 g/mol. The number of carbonyl (C=O) groups excluding carboxylic acids is 2. The summed E-state index contributed by atoms with van der Waals surface area (Å²) in [6.45, 7) is 7.49. The van der Waals surface area contributed by atoms with Crippen LogP contribution in [0.4, 0.5) is 0 Å². The van der Waals surface area contributed by atoms with Gasteiger partial charge in [-0.25, -0.2) is 0 Å². The molecule has 1 aromatic heterocycles. The van der Waals surface area contributed by atoms with E-state index in [0.717, 1.165) is 39.0 Å². The zero-order chi connectivity index (χ0) is 17.3. The molecule has 6 nitrogen and oxygen atoms in total.